The first-order valence-electron chi connectivity index (χ1n) is 5.89. The number of carboxylic acids is 1. The second kappa shape index (κ2) is 5.49. The number of anilines is 1. The molecule has 0 spiro atoms. The molecule has 0 fully saturated rings. The first-order chi connectivity index (χ1) is 9.88. The Kier molecular flexibility index (Phi) is 3.74. The Morgan fingerprint density at radius 3 is 2.71 bits per heavy atom. The number of carboxylic acid groups (broad SMARTS) is 1. The number of carbonyl (C=O) groups is 2. The maximum Gasteiger partial charge on any atom is 0.339 e. The van der Waals surface area contributed by atoms with Crippen molar-refractivity contribution in [2.45, 2.75) is 13.5 Å². The fraction of sp³-hybridized carbons (Fsp3) is 0.167. The average molecular weight is 292 g/mol. The minimum absolute atomic E-state index is 0.0443. The maximum absolute atomic E-state index is 11.8. The van der Waals surface area contributed by atoms with Crippen LogP contribution in [0.15, 0.2) is 28.0 Å². The Balaban J connectivity index is 2.18. The number of hydrogen-bond donors (Lipinski definition) is 4. The standard InChI is InChI=1S/C12H12N4O5/c1-6-10(11(19)20)7(4-13-6)14-9(18)5-16-3-2-8(17)15-12(16)21/h2-4,13H,5H2,1H3,(H,14,18)(H,19,20)(H,15,17,21). The van der Waals surface area contributed by atoms with Crippen molar-refractivity contribution in [2.24, 2.45) is 0 Å². The molecule has 2 aromatic rings. The number of aromatic carboxylic acids is 1. The van der Waals surface area contributed by atoms with Crippen LogP contribution in [0.3, 0.4) is 0 Å². The van der Waals surface area contributed by atoms with Crippen molar-refractivity contribution in [3.05, 3.63) is 50.6 Å². The Hall–Kier alpha value is -3.10. The Labute approximate surface area is 117 Å². The molecule has 4 N–H and O–H groups in total. The van der Waals surface area contributed by atoms with Gasteiger partial charge < -0.3 is 15.4 Å². The Bertz CT molecular complexity index is 814. The van der Waals surface area contributed by atoms with Crippen molar-refractivity contribution in [2.75, 3.05) is 5.32 Å². The quantitative estimate of drug-likeness (QED) is 0.602. The highest BCUT2D eigenvalue weighted by Crippen LogP contribution is 2.18. The number of hydrogen-bond acceptors (Lipinski definition) is 4. The summed E-state index contributed by atoms with van der Waals surface area (Å²) in [5.41, 5.74) is -0.814. The number of aromatic nitrogens is 3. The van der Waals surface area contributed by atoms with Crippen LogP contribution in [0.5, 0.6) is 0 Å². The predicted molar refractivity (Wildman–Crippen MR) is 72.4 cm³/mol. The number of rotatable bonds is 4. The number of aryl methyl sites for hydroxylation is 1. The molecule has 0 aromatic carbocycles. The van der Waals surface area contributed by atoms with Crippen LogP contribution in [0.1, 0.15) is 16.1 Å². The van der Waals surface area contributed by atoms with Gasteiger partial charge in [0.15, 0.2) is 0 Å². The molecule has 1 amide bonds. The van der Waals surface area contributed by atoms with Gasteiger partial charge in [-0.3, -0.25) is 19.1 Å². The van der Waals surface area contributed by atoms with Gasteiger partial charge in [0, 0.05) is 24.2 Å². The van der Waals surface area contributed by atoms with Crippen molar-refractivity contribution in [1.82, 2.24) is 14.5 Å². The van der Waals surface area contributed by atoms with Crippen LogP contribution in [0, 0.1) is 6.92 Å². The van der Waals surface area contributed by atoms with E-state index in [0.29, 0.717) is 5.69 Å². The summed E-state index contributed by atoms with van der Waals surface area (Å²) >= 11 is 0. The van der Waals surface area contributed by atoms with E-state index in [1.165, 1.54) is 12.4 Å². The summed E-state index contributed by atoms with van der Waals surface area (Å²) < 4.78 is 0.997. The molecule has 0 aliphatic heterocycles. The zero-order chi connectivity index (χ0) is 15.6. The molecular weight excluding hydrogens is 280 g/mol. The SMILES string of the molecule is Cc1[nH]cc(NC(=O)Cn2ccc(=O)[nH]c2=O)c1C(=O)O. The van der Waals surface area contributed by atoms with Crippen LogP contribution in [-0.2, 0) is 11.3 Å². The first kappa shape index (κ1) is 14.3. The lowest BCUT2D eigenvalue weighted by Crippen LogP contribution is -2.32. The second-order valence-corrected chi connectivity index (χ2v) is 4.29. The van der Waals surface area contributed by atoms with E-state index in [4.69, 9.17) is 5.11 Å². The number of aromatic amines is 2. The van der Waals surface area contributed by atoms with Gasteiger partial charge >= 0.3 is 11.7 Å². The van der Waals surface area contributed by atoms with E-state index in [-0.39, 0.29) is 17.8 Å². The van der Waals surface area contributed by atoms with Gasteiger partial charge in [-0.1, -0.05) is 0 Å². The van der Waals surface area contributed by atoms with Crippen LogP contribution < -0.4 is 16.6 Å². The summed E-state index contributed by atoms with van der Waals surface area (Å²) in [6.45, 7) is 1.21. The van der Waals surface area contributed by atoms with Crippen LogP contribution in [0.4, 0.5) is 5.69 Å². The van der Waals surface area contributed by atoms with Crippen molar-refractivity contribution < 1.29 is 14.7 Å². The molecule has 2 rings (SSSR count). The molecule has 0 radical (unpaired) electrons. The molecule has 110 valence electrons. The lowest BCUT2D eigenvalue weighted by molar-refractivity contribution is -0.116. The first-order valence-corrected chi connectivity index (χ1v) is 5.89. The number of carbonyl (C=O) groups excluding carboxylic acids is 1. The topological polar surface area (TPSA) is 137 Å². The van der Waals surface area contributed by atoms with Crippen molar-refractivity contribution in [3.8, 4) is 0 Å². The highest BCUT2D eigenvalue weighted by Gasteiger charge is 2.17. The molecule has 0 saturated heterocycles. The van der Waals surface area contributed by atoms with Gasteiger partial charge in [0.2, 0.25) is 5.91 Å². The van der Waals surface area contributed by atoms with E-state index >= 15 is 0 Å². The molecule has 2 aromatic heterocycles. The molecule has 21 heavy (non-hydrogen) atoms. The minimum Gasteiger partial charge on any atom is -0.478 e. The molecule has 0 unspecified atom stereocenters. The lowest BCUT2D eigenvalue weighted by atomic mass is 10.2. The van der Waals surface area contributed by atoms with Gasteiger partial charge in [0.05, 0.1) is 5.69 Å². The average Bonchev–Trinajstić information content (AvgIpc) is 2.74. The molecule has 0 aliphatic carbocycles. The summed E-state index contributed by atoms with van der Waals surface area (Å²) in [4.78, 5) is 49.9. The number of amides is 1. The third-order valence-corrected chi connectivity index (χ3v) is 2.78. The summed E-state index contributed by atoms with van der Waals surface area (Å²) in [5, 5.41) is 11.4. The molecule has 2 heterocycles. The van der Waals surface area contributed by atoms with Gasteiger partial charge in [-0.2, -0.15) is 0 Å². The third-order valence-electron chi connectivity index (χ3n) is 2.78. The van der Waals surface area contributed by atoms with Crippen molar-refractivity contribution >= 4 is 17.6 Å². The zero-order valence-electron chi connectivity index (χ0n) is 11.0. The predicted octanol–water partition coefficient (Wildman–Crippen LogP) is -0.490. The fourth-order valence-electron chi connectivity index (χ4n) is 1.81. The summed E-state index contributed by atoms with van der Waals surface area (Å²) in [6.07, 6.45) is 2.54. The number of H-pyrrole nitrogens is 2. The van der Waals surface area contributed by atoms with Gasteiger partial charge in [0.1, 0.15) is 12.1 Å². The maximum atomic E-state index is 11.8. The van der Waals surface area contributed by atoms with Crippen molar-refractivity contribution in [1.29, 1.82) is 0 Å². The monoisotopic (exact) mass is 292 g/mol. The van der Waals surface area contributed by atoms with Gasteiger partial charge in [0.25, 0.3) is 5.56 Å². The Morgan fingerprint density at radius 2 is 2.10 bits per heavy atom. The van der Waals surface area contributed by atoms with E-state index in [1.54, 1.807) is 6.92 Å². The normalized spacial score (nSPS) is 10.3. The molecule has 9 nitrogen and oxygen atoms in total. The summed E-state index contributed by atoms with van der Waals surface area (Å²) in [5.74, 6) is -1.77. The van der Waals surface area contributed by atoms with Crippen LogP contribution >= 0.6 is 0 Å². The highest BCUT2D eigenvalue weighted by atomic mass is 16.4. The highest BCUT2D eigenvalue weighted by molar-refractivity contribution is 6.01. The van der Waals surface area contributed by atoms with E-state index in [0.717, 1.165) is 10.6 Å². The minimum atomic E-state index is -1.18. The lowest BCUT2D eigenvalue weighted by Gasteiger charge is -2.06. The molecular formula is C12H12N4O5. The smallest absolute Gasteiger partial charge is 0.339 e. The van der Waals surface area contributed by atoms with Gasteiger partial charge in [-0.15, -0.1) is 0 Å². The zero-order valence-corrected chi connectivity index (χ0v) is 11.0. The largest absolute Gasteiger partial charge is 0.478 e. The number of nitrogens with one attached hydrogen (secondary N) is 3. The summed E-state index contributed by atoms with van der Waals surface area (Å²) in [7, 11) is 0. The molecule has 0 bridgehead atoms. The molecule has 0 atom stereocenters. The second-order valence-electron chi connectivity index (χ2n) is 4.29. The van der Waals surface area contributed by atoms with E-state index in [9.17, 15) is 19.2 Å². The fourth-order valence-corrected chi connectivity index (χ4v) is 1.81. The van der Waals surface area contributed by atoms with E-state index in [2.05, 4.69) is 10.3 Å². The van der Waals surface area contributed by atoms with E-state index in [1.807, 2.05) is 4.98 Å². The molecule has 9 heteroatoms. The van der Waals surface area contributed by atoms with Crippen LogP contribution in [0.2, 0.25) is 0 Å². The number of nitrogens with zero attached hydrogens (tertiary/aromatic N) is 1. The summed E-state index contributed by atoms with van der Waals surface area (Å²) in [6, 6.07) is 1.11. The van der Waals surface area contributed by atoms with Crippen LogP contribution in [-0.4, -0.2) is 31.5 Å². The molecule has 0 saturated carbocycles. The van der Waals surface area contributed by atoms with Crippen molar-refractivity contribution in [3.63, 3.8) is 0 Å². The molecule has 0 aliphatic rings. The van der Waals surface area contributed by atoms with Crippen LogP contribution in [0.25, 0.3) is 0 Å². The van der Waals surface area contributed by atoms with Gasteiger partial charge in [-0.05, 0) is 6.92 Å². The Morgan fingerprint density at radius 1 is 1.38 bits per heavy atom. The van der Waals surface area contributed by atoms with E-state index < -0.39 is 23.1 Å². The third kappa shape index (κ3) is 3.08. The van der Waals surface area contributed by atoms with Gasteiger partial charge in [-0.25, -0.2) is 9.59 Å².